The van der Waals surface area contributed by atoms with Crippen molar-refractivity contribution >= 4 is 0 Å². The van der Waals surface area contributed by atoms with E-state index in [1.165, 1.54) is 24.9 Å². The van der Waals surface area contributed by atoms with Gasteiger partial charge < -0.3 is 4.90 Å². The van der Waals surface area contributed by atoms with Crippen molar-refractivity contribution < 1.29 is 0 Å². The van der Waals surface area contributed by atoms with Crippen molar-refractivity contribution in [2.45, 2.75) is 25.8 Å². The average Bonchev–Trinajstić information content (AvgIpc) is 2.63. The molecule has 2 heterocycles. The van der Waals surface area contributed by atoms with E-state index in [9.17, 15) is 0 Å². The fraction of sp³-hybridized carbons (Fsp3) is 0.450. The zero-order chi connectivity index (χ0) is 15.9. The maximum Gasteiger partial charge on any atom is 0.0777 e. The third-order valence-corrected chi connectivity index (χ3v) is 4.68. The van der Waals surface area contributed by atoms with Crippen LogP contribution >= 0.6 is 0 Å². The lowest BCUT2D eigenvalue weighted by Gasteiger charge is -2.39. The summed E-state index contributed by atoms with van der Waals surface area (Å²) in [7, 11) is 0. The first-order valence-corrected chi connectivity index (χ1v) is 8.80. The minimum absolute atomic E-state index is 0.269. The number of hydrogen-bond acceptors (Lipinski definition) is 3. The highest BCUT2D eigenvalue weighted by Gasteiger charge is 2.26. The van der Waals surface area contributed by atoms with Gasteiger partial charge in [-0.25, -0.2) is 0 Å². The molecule has 2 aromatic rings. The Kier molecular flexibility index (Phi) is 5.78. The number of piperazine rings is 1. The van der Waals surface area contributed by atoms with Gasteiger partial charge in [-0.15, -0.1) is 0 Å². The van der Waals surface area contributed by atoms with Crippen LogP contribution in [0.4, 0.5) is 0 Å². The van der Waals surface area contributed by atoms with E-state index in [0.717, 1.165) is 31.9 Å². The number of benzene rings is 1. The maximum absolute atomic E-state index is 4.64. The van der Waals surface area contributed by atoms with Crippen molar-refractivity contribution in [1.29, 1.82) is 0 Å². The number of hydrogen-bond donors (Lipinski definition) is 0. The fourth-order valence-corrected chi connectivity index (χ4v) is 3.37. The monoisotopic (exact) mass is 309 g/mol. The van der Waals surface area contributed by atoms with E-state index >= 15 is 0 Å². The summed E-state index contributed by atoms with van der Waals surface area (Å²) in [6, 6.07) is 17.3. The zero-order valence-electron chi connectivity index (χ0n) is 14.1. The van der Waals surface area contributed by atoms with E-state index in [0.29, 0.717) is 0 Å². The van der Waals surface area contributed by atoms with Crippen molar-refractivity contribution in [2.75, 3.05) is 32.7 Å². The normalized spacial score (nSPS) is 18.0. The Morgan fingerprint density at radius 3 is 2.35 bits per heavy atom. The van der Waals surface area contributed by atoms with Gasteiger partial charge in [-0.05, 0) is 30.7 Å². The van der Waals surface area contributed by atoms with Gasteiger partial charge in [0.2, 0.25) is 0 Å². The number of unbranched alkanes of at least 4 members (excludes halogenated alkanes) is 1. The SMILES string of the molecule is CCCCN1CCN(C(c2ccccc2)c2ccccn2)CC1. The molecule has 122 valence electrons. The summed E-state index contributed by atoms with van der Waals surface area (Å²) in [6.45, 7) is 8.05. The van der Waals surface area contributed by atoms with Gasteiger partial charge in [-0.1, -0.05) is 49.7 Å². The molecule has 1 fully saturated rings. The lowest BCUT2D eigenvalue weighted by molar-refractivity contribution is 0.107. The third-order valence-electron chi connectivity index (χ3n) is 4.68. The molecule has 1 atom stereocenters. The minimum Gasteiger partial charge on any atom is -0.301 e. The van der Waals surface area contributed by atoms with Gasteiger partial charge in [-0.3, -0.25) is 9.88 Å². The first kappa shape index (κ1) is 16.2. The van der Waals surface area contributed by atoms with Gasteiger partial charge in [0.05, 0.1) is 11.7 Å². The molecule has 3 rings (SSSR count). The van der Waals surface area contributed by atoms with Gasteiger partial charge in [-0.2, -0.15) is 0 Å². The van der Waals surface area contributed by atoms with Gasteiger partial charge >= 0.3 is 0 Å². The molecule has 1 aromatic heterocycles. The Hall–Kier alpha value is -1.71. The molecule has 23 heavy (non-hydrogen) atoms. The van der Waals surface area contributed by atoms with Crippen molar-refractivity contribution in [2.24, 2.45) is 0 Å². The smallest absolute Gasteiger partial charge is 0.0777 e. The standard InChI is InChI=1S/C20H27N3/c1-2-3-13-22-14-16-23(17-15-22)20(18-9-5-4-6-10-18)19-11-7-8-12-21-19/h4-12,20H,2-3,13-17H2,1H3. The van der Waals surface area contributed by atoms with Crippen LogP contribution < -0.4 is 0 Å². The van der Waals surface area contributed by atoms with Crippen LogP contribution in [0, 0.1) is 0 Å². The Balaban J connectivity index is 1.75. The zero-order valence-corrected chi connectivity index (χ0v) is 14.1. The molecule has 1 aromatic carbocycles. The second kappa shape index (κ2) is 8.23. The Morgan fingerprint density at radius 1 is 0.957 bits per heavy atom. The van der Waals surface area contributed by atoms with Crippen LogP contribution in [0.15, 0.2) is 54.7 Å². The minimum atomic E-state index is 0.269. The van der Waals surface area contributed by atoms with Crippen LogP contribution in [0.25, 0.3) is 0 Å². The molecule has 3 nitrogen and oxygen atoms in total. The van der Waals surface area contributed by atoms with E-state index in [4.69, 9.17) is 0 Å². The number of pyridine rings is 1. The van der Waals surface area contributed by atoms with Crippen molar-refractivity contribution in [1.82, 2.24) is 14.8 Å². The molecule has 0 saturated carbocycles. The first-order chi connectivity index (χ1) is 11.4. The topological polar surface area (TPSA) is 19.4 Å². The van der Waals surface area contributed by atoms with Gasteiger partial charge in [0, 0.05) is 32.4 Å². The molecule has 1 saturated heterocycles. The van der Waals surface area contributed by atoms with E-state index in [1.807, 2.05) is 12.3 Å². The molecule has 1 unspecified atom stereocenters. The van der Waals surface area contributed by atoms with Gasteiger partial charge in [0.25, 0.3) is 0 Å². The molecule has 3 heteroatoms. The summed E-state index contributed by atoms with van der Waals surface area (Å²) in [6.07, 6.45) is 4.49. The van der Waals surface area contributed by atoms with E-state index in [1.54, 1.807) is 0 Å². The van der Waals surface area contributed by atoms with Crippen LogP contribution in [-0.4, -0.2) is 47.5 Å². The average molecular weight is 309 g/mol. The van der Waals surface area contributed by atoms with Crippen LogP contribution in [0.5, 0.6) is 0 Å². The summed E-state index contributed by atoms with van der Waals surface area (Å²) in [5, 5.41) is 0. The molecular weight excluding hydrogens is 282 g/mol. The lowest BCUT2D eigenvalue weighted by Crippen LogP contribution is -2.48. The molecule has 0 bridgehead atoms. The van der Waals surface area contributed by atoms with E-state index in [2.05, 4.69) is 64.2 Å². The van der Waals surface area contributed by atoms with Crippen LogP contribution in [-0.2, 0) is 0 Å². The predicted molar refractivity (Wildman–Crippen MR) is 95.4 cm³/mol. The quantitative estimate of drug-likeness (QED) is 0.813. The first-order valence-electron chi connectivity index (χ1n) is 8.80. The van der Waals surface area contributed by atoms with E-state index < -0.39 is 0 Å². The van der Waals surface area contributed by atoms with Crippen LogP contribution in [0.2, 0.25) is 0 Å². The molecule has 1 aliphatic rings. The molecular formula is C20H27N3. The highest BCUT2D eigenvalue weighted by atomic mass is 15.3. The molecule has 0 spiro atoms. The molecule has 0 radical (unpaired) electrons. The summed E-state index contributed by atoms with van der Waals surface area (Å²) in [5.74, 6) is 0. The summed E-state index contributed by atoms with van der Waals surface area (Å²) in [5.41, 5.74) is 2.49. The predicted octanol–water partition coefficient (Wildman–Crippen LogP) is 3.59. The van der Waals surface area contributed by atoms with Gasteiger partial charge in [0.15, 0.2) is 0 Å². The Bertz CT molecular complexity index is 522. The Morgan fingerprint density at radius 2 is 1.70 bits per heavy atom. The fourth-order valence-electron chi connectivity index (χ4n) is 3.37. The third kappa shape index (κ3) is 4.18. The largest absolute Gasteiger partial charge is 0.301 e. The van der Waals surface area contributed by atoms with Crippen LogP contribution in [0.1, 0.15) is 37.1 Å². The number of rotatable bonds is 6. The molecule has 0 N–H and O–H groups in total. The van der Waals surface area contributed by atoms with Crippen molar-refractivity contribution in [3.05, 3.63) is 66.0 Å². The van der Waals surface area contributed by atoms with Crippen molar-refractivity contribution in [3.8, 4) is 0 Å². The highest BCUT2D eigenvalue weighted by Crippen LogP contribution is 2.28. The summed E-state index contributed by atoms with van der Waals surface area (Å²) < 4.78 is 0. The lowest BCUT2D eigenvalue weighted by atomic mass is 10.0. The van der Waals surface area contributed by atoms with E-state index in [-0.39, 0.29) is 6.04 Å². The Labute approximate surface area is 140 Å². The number of aromatic nitrogens is 1. The summed E-state index contributed by atoms with van der Waals surface area (Å²) >= 11 is 0. The second-order valence-corrected chi connectivity index (χ2v) is 6.30. The summed E-state index contributed by atoms with van der Waals surface area (Å²) in [4.78, 5) is 9.83. The highest BCUT2D eigenvalue weighted by molar-refractivity contribution is 5.28. The van der Waals surface area contributed by atoms with Gasteiger partial charge in [0.1, 0.15) is 0 Å². The van der Waals surface area contributed by atoms with Crippen molar-refractivity contribution in [3.63, 3.8) is 0 Å². The van der Waals surface area contributed by atoms with Crippen LogP contribution in [0.3, 0.4) is 0 Å². The molecule has 0 amide bonds. The molecule has 0 aliphatic carbocycles. The maximum atomic E-state index is 4.64. The number of nitrogens with zero attached hydrogens (tertiary/aromatic N) is 3. The second-order valence-electron chi connectivity index (χ2n) is 6.30. The molecule has 1 aliphatic heterocycles.